The molecule has 4 nitrogen and oxygen atoms in total. The number of para-hydroxylation sites is 1. The molecule has 3 rings (SSSR count). The molecule has 0 bridgehead atoms. The maximum atomic E-state index is 13.1. The van der Waals surface area contributed by atoms with Crippen LogP contribution in [0.5, 0.6) is 0 Å². The number of amides is 1. The third-order valence-corrected chi connectivity index (χ3v) is 4.54. The van der Waals surface area contributed by atoms with Crippen LogP contribution in [0.25, 0.3) is 0 Å². The second kappa shape index (κ2) is 6.84. The predicted octanol–water partition coefficient (Wildman–Crippen LogP) is 4.00. The summed E-state index contributed by atoms with van der Waals surface area (Å²) in [6.07, 6.45) is -0.228. The Kier molecular flexibility index (Phi) is 4.77. The van der Waals surface area contributed by atoms with E-state index < -0.39 is 17.9 Å². The summed E-state index contributed by atoms with van der Waals surface area (Å²) in [5.74, 6) is -1.61. The summed E-state index contributed by atoms with van der Waals surface area (Å²) in [5.41, 5.74) is 1.95. The fourth-order valence-electron chi connectivity index (χ4n) is 3.03. The number of carbonyl (C=O) groups excluding carboxylic acids is 2. The molecule has 0 N–H and O–H groups in total. The van der Waals surface area contributed by atoms with Crippen LogP contribution in [-0.4, -0.2) is 24.0 Å². The first-order valence-electron chi connectivity index (χ1n) is 7.95. The summed E-state index contributed by atoms with van der Waals surface area (Å²) in [7, 11) is 0. The maximum absolute atomic E-state index is 13.1. The van der Waals surface area contributed by atoms with Gasteiger partial charge in [-0.2, -0.15) is 0 Å². The van der Waals surface area contributed by atoms with Gasteiger partial charge in [0.25, 0.3) is 5.91 Å². The van der Waals surface area contributed by atoms with Gasteiger partial charge in [0.05, 0.1) is 10.6 Å². The molecule has 0 aromatic heterocycles. The molecule has 1 aliphatic heterocycles. The summed E-state index contributed by atoms with van der Waals surface area (Å²) < 4.78 is 18.4. The fraction of sp³-hybridized carbons (Fsp3) is 0.263. The first-order valence-corrected chi connectivity index (χ1v) is 8.33. The van der Waals surface area contributed by atoms with Crippen LogP contribution in [-0.2, 0) is 16.0 Å². The summed E-state index contributed by atoms with van der Waals surface area (Å²) in [4.78, 5) is 26.7. The minimum absolute atomic E-state index is 0.0135. The number of hydrogen-bond donors (Lipinski definition) is 0. The largest absolute Gasteiger partial charge is 0.449 e. The van der Waals surface area contributed by atoms with Crippen LogP contribution in [0.15, 0.2) is 42.5 Å². The van der Waals surface area contributed by atoms with Crippen molar-refractivity contribution in [2.45, 2.75) is 32.4 Å². The maximum Gasteiger partial charge on any atom is 0.340 e. The molecule has 1 aliphatic rings. The van der Waals surface area contributed by atoms with E-state index in [1.807, 2.05) is 31.2 Å². The number of carbonyl (C=O) groups is 2. The van der Waals surface area contributed by atoms with Crippen molar-refractivity contribution in [3.63, 3.8) is 0 Å². The number of esters is 1. The van der Waals surface area contributed by atoms with Crippen LogP contribution in [0.3, 0.4) is 0 Å². The molecule has 0 saturated carbocycles. The number of benzene rings is 2. The number of nitrogens with zero attached hydrogens (tertiary/aromatic N) is 1. The van der Waals surface area contributed by atoms with Crippen LogP contribution >= 0.6 is 11.6 Å². The van der Waals surface area contributed by atoms with E-state index in [1.54, 1.807) is 4.90 Å². The van der Waals surface area contributed by atoms with E-state index in [9.17, 15) is 14.0 Å². The smallest absolute Gasteiger partial charge is 0.340 e. The molecule has 1 heterocycles. The molecular weight excluding hydrogens is 345 g/mol. The molecule has 2 atom stereocenters. The Morgan fingerprint density at radius 2 is 2.00 bits per heavy atom. The molecule has 1 amide bonds. The average molecular weight is 362 g/mol. The molecule has 0 fully saturated rings. The fourth-order valence-corrected chi connectivity index (χ4v) is 3.27. The van der Waals surface area contributed by atoms with Crippen LogP contribution in [0.2, 0.25) is 5.02 Å². The third-order valence-electron chi connectivity index (χ3n) is 4.23. The van der Waals surface area contributed by atoms with Crippen molar-refractivity contribution in [2.24, 2.45) is 0 Å². The topological polar surface area (TPSA) is 46.6 Å². The van der Waals surface area contributed by atoms with E-state index in [0.29, 0.717) is 0 Å². The molecular formula is C19H17ClFNO3. The number of hydrogen-bond acceptors (Lipinski definition) is 3. The first-order chi connectivity index (χ1) is 11.9. The number of fused-ring (bicyclic) bond motifs is 1. The minimum atomic E-state index is -0.984. The third kappa shape index (κ3) is 3.37. The van der Waals surface area contributed by atoms with Gasteiger partial charge in [-0.3, -0.25) is 4.79 Å². The zero-order valence-electron chi connectivity index (χ0n) is 13.8. The van der Waals surface area contributed by atoms with E-state index in [0.717, 1.165) is 29.8 Å². The van der Waals surface area contributed by atoms with E-state index in [4.69, 9.17) is 16.3 Å². The lowest BCUT2D eigenvalue weighted by Gasteiger charge is -2.26. The molecule has 0 aliphatic carbocycles. The number of anilines is 1. The van der Waals surface area contributed by atoms with E-state index in [1.165, 1.54) is 13.0 Å². The molecule has 0 radical (unpaired) electrons. The molecule has 0 saturated heterocycles. The molecule has 2 aromatic rings. The summed E-state index contributed by atoms with van der Waals surface area (Å²) >= 11 is 5.87. The van der Waals surface area contributed by atoms with Gasteiger partial charge in [0.1, 0.15) is 5.82 Å². The van der Waals surface area contributed by atoms with Crippen LogP contribution in [0, 0.1) is 5.82 Å². The Hall–Kier alpha value is -2.40. The van der Waals surface area contributed by atoms with E-state index in [-0.39, 0.29) is 22.5 Å². The Labute approximate surface area is 150 Å². The van der Waals surface area contributed by atoms with Gasteiger partial charge in [-0.1, -0.05) is 29.8 Å². The zero-order valence-corrected chi connectivity index (χ0v) is 14.6. The van der Waals surface area contributed by atoms with Crippen molar-refractivity contribution in [1.82, 2.24) is 0 Å². The van der Waals surface area contributed by atoms with E-state index >= 15 is 0 Å². The van der Waals surface area contributed by atoms with E-state index in [2.05, 4.69) is 0 Å². The van der Waals surface area contributed by atoms with Crippen molar-refractivity contribution >= 4 is 29.2 Å². The van der Waals surface area contributed by atoms with Gasteiger partial charge in [0, 0.05) is 11.7 Å². The van der Waals surface area contributed by atoms with Crippen molar-refractivity contribution in [1.29, 1.82) is 0 Å². The van der Waals surface area contributed by atoms with Gasteiger partial charge in [0.15, 0.2) is 6.10 Å². The van der Waals surface area contributed by atoms with Gasteiger partial charge >= 0.3 is 5.97 Å². The highest BCUT2D eigenvalue weighted by atomic mass is 35.5. The summed E-state index contributed by atoms with van der Waals surface area (Å²) in [5, 5.41) is -0.0514. The summed E-state index contributed by atoms with van der Waals surface area (Å²) in [6, 6.07) is 11.0. The molecule has 6 heteroatoms. The quantitative estimate of drug-likeness (QED) is 0.776. The second-order valence-electron chi connectivity index (χ2n) is 6.06. The lowest BCUT2D eigenvalue weighted by molar-refractivity contribution is -0.126. The van der Waals surface area contributed by atoms with Gasteiger partial charge in [-0.25, -0.2) is 9.18 Å². The molecule has 25 heavy (non-hydrogen) atoms. The van der Waals surface area contributed by atoms with Gasteiger partial charge in [-0.15, -0.1) is 0 Å². The Balaban J connectivity index is 1.76. The second-order valence-corrected chi connectivity index (χ2v) is 6.47. The van der Waals surface area contributed by atoms with Crippen LogP contribution in [0.4, 0.5) is 10.1 Å². The standard InChI is InChI=1S/C19H17ClFNO3/c1-11-9-13-5-3-4-6-17(13)22(11)18(23)12(2)25-19(24)15-8-7-14(21)10-16(15)20/h3-8,10-12H,9H2,1-2H3/t11-,12+/m1/s1. The highest BCUT2D eigenvalue weighted by Gasteiger charge is 2.34. The highest BCUT2D eigenvalue weighted by Crippen LogP contribution is 2.32. The van der Waals surface area contributed by atoms with Gasteiger partial charge in [0.2, 0.25) is 0 Å². The monoisotopic (exact) mass is 361 g/mol. The van der Waals surface area contributed by atoms with Crippen molar-refractivity contribution < 1.29 is 18.7 Å². The van der Waals surface area contributed by atoms with Crippen molar-refractivity contribution in [3.8, 4) is 0 Å². The van der Waals surface area contributed by atoms with Gasteiger partial charge < -0.3 is 9.64 Å². The number of halogens is 2. The van der Waals surface area contributed by atoms with Gasteiger partial charge in [-0.05, 0) is 50.1 Å². The lowest BCUT2D eigenvalue weighted by atomic mass is 10.1. The molecule has 0 spiro atoms. The molecule has 2 aromatic carbocycles. The molecule has 130 valence electrons. The van der Waals surface area contributed by atoms with Crippen LogP contribution < -0.4 is 4.90 Å². The minimum Gasteiger partial charge on any atom is -0.449 e. The zero-order chi connectivity index (χ0) is 18.1. The number of ether oxygens (including phenoxy) is 1. The lowest BCUT2D eigenvalue weighted by Crippen LogP contribution is -2.43. The number of rotatable bonds is 3. The Bertz CT molecular complexity index is 839. The Morgan fingerprint density at radius 3 is 2.72 bits per heavy atom. The van der Waals surface area contributed by atoms with Crippen LogP contribution in [0.1, 0.15) is 29.8 Å². The van der Waals surface area contributed by atoms with Crippen molar-refractivity contribution in [3.05, 3.63) is 64.4 Å². The summed E-state index contributed by atoms with van der Waals surface area (Å²) in [6.45, 7) is 3.47. The SMILES string of the molecule is C[C@H](OC(=O)c1ccc(F)cc1Cl)C(=O)N1c2ccccc2C[C@H]1C. The molecule has 0 unspecified atom stereocenters. The van der Waals surface area contributed by atoms with Crippen molar-refractivity contribution in [2.75, 3.05) is 4.90 Å². The highest BCUT2D eigenvalue weighted by molar-refractivity contribution is 6.33. The predicted molar refractivity (Wildman–Crippen MR) is 93.4 cm³/mol. The average Bonchev–Trinajstić information content (AvgIpc) is 2.89. The first kappa shape index (κ1) is 17.4. The normalized spacial score (nSPS) is 17.1. The Morgan fingerprint density at radius 1 is 1.28 bits per heavy atom.